The van der Waals surface area contributed by atoms with Crippen molar-refractivity contribution >= 4 is 51.3 Å². The second kappa shape index (κ2) is 8.87. The van der Waals surface area contributed by atoms with Gasteiger partial charge in [0.25, 0.3) is 5.91 Å². The molecule has 3 aromatic rings. The standard InChI is InChI=1S/C22H19ClN4O3S/c1-13-4-3-5-15(10-13)27-20(28)9-7-17(26-27)21(29)25-22-24-18(12-31-22)14-6-8-19(30-2)16(23)11-14/h3-6,8,10-12H,7,9H2,1-2H3,(H,24,25,29). The van der Waals surface area contributed by atoms with Crippen molar-refractivity contribution < 1.29 is 14.3 Å². The van der Waals surface area contributed by atoms with Crippen LogP contribution in [0.2, 0.25) is 5.02 Å². The Morgan fingerprint density at radius 3 is 2.81 bits per heavy atom. The normalized spacial score (nSPS) is 13.7. The molecule has 2 aromatic carbocycles. The van der Waals surface area contributed by atoms with Gasteiger partial charge in [-0.1, -0.05) is 23.7 Å². The van der Waals surface area contributed by atoms with Gasteiger partial charge in [0, 0.05) is 23.8 Å². The number of amides is 2. The van der Waals surface area contributed by atoms with Crippen LogP contribution in [-0.2, 0) is 9.59 Å². The van der Waals surface area contributed by atoms with E-state index in [0.29, 0.717) is 27.3 Å². The van der Waals surface area contributed by atoms with E-state index < -0.39 is 0 Å². The molecule has 0 fully saturated rings. The van der Waals surface area contributed by atoms with Crippen LogP contribution in [0.4, 0.5) is 10.8 Å². The molecule has 2 heterocycles. The van der Waals surface area contributed by atoms with E-state index >= 15 is 0 Å². The van der Waals surface area contributed by atoms with Gasteiger partial charge in [0.05, 0.1) is 23.5 Å². The fourth-order valence-corrected chi connectivity index (χ4v) is 4.11. The van der Waals surface area contributed by atoms with Crippen LogP contribution in [0.15, 0.2) is 52.9 Å². The molecular weight excluding hydrogens is 436 g/mol. The zero-order valence-electron chi connectivity index (χ0n) is 16.9. The third kappa shape index (κ3) is 4.60. The van der Waals surface area contributed by atoms with Gasteiger partial charge in [0.2, 0.25) is 5.91 Å². The number of nitrogens with one attached hydrogen (secondary N) is 1. The van der Waals surface area contributed by atoms with Gasteiger partial charge in [-0.15, -0.1) is 11.3 Å². The van der Waals surface area contributed by atoms with Gasteiger partial charge in [0.15, 0.2) is 5.13 Å². The topological polar surface area (TPSA) is 83.9 Å². The van der Waals surface area contributed by atoms with E-state index in [1.165, 1.54) is 16.3 Å². The lowest BCUT2D eigenvalue weighted by Gasteiger charge is -2.23. The molecule has 0 spiro atoms. The molecule has 2 amide bonds. The van der Waals surface area contributed by atoms with Gasteiger partial charge in [-0.25, -0.2) is 9.99 Å². The van der Waals surface area contributed by atoms with Crippen LogP contribution in [0, 0.1) is 6.92 Å². The lowest BCUT2D eigenvalue weighted by molar-refractivity contribution is -0.118. The Hall–Kier alpha value is -3.23. The van der Waals surface area contributed by atoms with Crippen LogP contribution in [0.3, 0.4) is 0 Å². The van der Waals surface area contributed by atoms with Crippen LogP contribution in [0.5, 0.6) is 5.75 Å². The van der Waals surface area contributed by atoms with Gasteiger partial charge in [-0.2, -0.15) is 5.10 Å². The monoisotopic (exact) mass is 454 g/mol. The largest absolute Gasteiger partial charge is 0.495 e. The molecule has 1 aliphatic rings. The predicted octanol–water partition coefficient (Wildman–Crippen LogP) is 4.90. The van der Waals surface area contributed by atoms with Gasteiger partial charge in [0.1, 0.15) is 11.5 Å². The Labute approximate surface area is 188 Å². The molecule has 0 saturated heterocycles. The van der Waals surface area contributed by atoms with E-state index in [-0.39, 0.29) is 30.4 Å². The smallest absolute Gasteiger partial charge is 0.273 e. The molecule has 158 valence electrons. The number of carbonyl (C=O) groups excluding carboxylic acids is 2. The SMILES string of the molecule is COc1ccc(-c2csc(NC(=O)C3=NN(c4cccc(C)c4)C(=O)CC3)n2)cc1Cl. The number of aromatic nitrogens is 1. The van der Waals surface area contributed by atoms with E-state index in [4.69, 9.17) is 16.3 Å². The zero-order chi connectivity index (χ0) is 22.0. The molecule has 0 bridgehead atoms. The number of hydrogen-bond acceptors (Lipinski definition) is 6. The van der Waals surface area contributed by atoms with Gasteiger partial charge in [-0.3, -0.25) is 14.9 Å². The number of carbonyl (C=O) groups is 2. The van der Waals surface area contributed by atoms with Gasteiger partial charge in [-0.05, 0) is 42.8 Å². The quantitative estimate of drug-likeness (QED) is 0.594. The van der Waals surface area contributed by atoms with Crippen LogP contribution in [0.25, 0.3) is 11.3 Å². The fourth-order valence-electron chi connectivity index (χ4n) is 3.14. The summed E-state index contributed by atoms with van der Waals surface area (Å²) in [6.07, 6.45) is 0.493. The van der Waals surface area contributed by atoms with Crippen LogP contribution in [-0.4, -0.2) is 29.6 Å². The maximum absolute atomic E-state index is 12.8. The van der Waals surface area contributed by atoms with Crippen molar-refractivity contribution in [3.63, 3.8) is 0 Å². The predicted molar refractivity (Wildman–Crippen MR) is 123 cm³/mol. The highest BCUT2D eigenvalue weighted by Gasteiger charge is 2.26. The Morgan fingerprint density at radius 2 is 2.06 bits per heavy atom. The molecule has 7 nitrogen and oxygen atoms in total. The molecular formula is C22H19ClN4O3S. The highest BCUT2D eigenvalue weighted by molar-refractivity contribution is 7.14. The van der Waals surface area contributed by atoms with Gasteiger partial charge >= 0.3 is 0 Å². The first-order valence-corrected chi connectivity index (χ1v) is 10.8. The molecule has 0 unspecified atom stereocenters. The average Bonchev–Trinajstić information content (AvgIpc) is 3.22. The second-order valence-corrected chi connectivity index (χ2v) is 8.20. The number of hydrazone groups is 1. The number of anilines is 2. The second-order valence-electron chi connectivity index (χ2n) is 6.93. The maximum atomic E-state index is 12.8. The Bertz CT molecular complexity index is 1190. The van der Waals surface area contributed by atoms with Crippen molar-refractivity contribution in [1.29, 1.82) is 0 Å². The average molecular weight is 455 g/mol. The number of rotatable bonds is 5. The third-order valence-electron chi connectivity index (χ3n) is 4.71. The van der Waals surface area contributed by atoms with Crippen molar-refractivity contribution in [1.82, 2.24) is 4.98 Å². The van der Waals surface area contributed by atoms with Crippen molar-refractivity contribution in [3.8, 4) is 17.0 Å². The molecule has 1 aliphatic heterocycles. The van der Waals surface area contributed by atoms with E-state index in [9.17, 15) is 9.59 Å². The molecule has 9 heteroatoms. The first-order chi connectivity index (χ1) is 14.9. The van der Waals surface area contributed by atoms with Crippen molar-refractivity contribution in [2.75, 3.05) is 17.4 Å². The number of halogens is 1. The summed E-state index contributed by atoms with van der Waals surface area (Å²) in [5.41, 5.74) is 3.43. The minimum absolute atomic E-state index is 0.143. The summed E-state index contributed by atoms with van der Waals surface area (Å²) < 4.78 is 5.17. The summed E-state index contributed by atoms with van der Waals surface area (Å²) in [4.78, 5) is 29.5. The third-order valence-corrected chi connectivity index (χ3v) is 5.77. The number of hydrogen-bond donors (Lipinski definition) is 1. The summed E-state index contributed by atoms with van der Waals surface area (Å²) in [6, 6.07) is 12.8. The van der Waals surface area contributed by atoms with E-state index in [1.54, 1.807) is 25.3 Å². The highest BCUT2D eigenvalue weighted by atomic mass is 35.5. The highest BCUT2D eigenvalue weighted by Crippen LogP contribution is 2.32. The number of ether oxygens (including phenoxy) is 1. The zero-order valence-corrected chi connectivity index (χ0v) is 18.5. The summed E-state index contributed by atoms with van der Waals surface area (Å²) in [7, 11) is 1.55. The van der Waals surface area contributed by atoms with Crippen molar-refractivity contribution in [3.05, 3.63) is 58.4 Å². The minimum atomic E-state index is -0.376. The van der Waals surface area contributed by atoms with Crippen LogP contribution < -0.4 is 15.1 Å². The number of nitrogens with zero attached hydrogens (tertiary/aromatic N) is 3. The lowest BCUT2D eigenvalue weighted by Crippen LogP contribution is -2.36. The van der Waals surface area contributed by atoms with E-state index in [0.717, 1.165) is 11.1 Å². The van der Waals surface area contributed by atoms with E-state index in [2.05, 4.69) is 15.4 Å². The first kappa shape index (κ1) is 21.0. The number of aryl methyl sites for hydroxylation is 1. The summed E-state index contributed by atoms with van der Waals surface area (Å²) in [5, 5.41) is 11.1. The minimum Gasteiger partial charge on any atom is -0.495 e. The molecule has 0 saturated carbocycles. The Kier molecular flexibility index (Phi) is 6.01. The Morgan fingerprint density at radius 1 is 1.23 bits per heavy atom. The van der Waals surface area contributed by atoms with E-state index in [1.807, 2.05) is 36.6 Å². The maximum Gasteiger partial charge on any atom is 0.273 e. The summed E-state index contributed by atoms with van der Waals surface area (Å²) in [6.45, 7) is 1.94. The number of benzene rings is 2. The molecule has 31 heavy (non-hydrogen) atoms. The summed E-state index contributed by atoms with van der Waals surface area (Å²) in [5.74, 6) is 0.0612. The number of thiazole rings is 1. The molecule has 4 rings (SSSR count). The van der Waals surface area contributed by atoms with Gasteiger partial charge < -0.3 is 4.74 Å². The Balaban J connectivity index is 1.51. The van der Waals surface area contributed by atoms with Crippen LogP contribution in [0.1, 0.15) is 18.4 Å². The molecule has 0 atom stereocenters. The molecule has 0 radical (unpaired) electrons. The van der Waals surface area contributed by atoms with Crippen molar-refractivity contribution in [2.45, 2.75) is 19.8 Å². The first-order valence-electron chi connectivity index (χ1n) is 9.52. The fraction of sp³-hybridized carbons (Fsp3) is 0.182. The van der Waals surface area contributed by atoms with Crippen LogP contribution >= 0.6 is 22.9 Å². The number of methoxy groups -OCH3 is 1. The lowest BCUT2D eigenvalue weighted by atomic mass is 10.1. The van der Waals surface area contributed by atoms with Crippen molar-refractivity contribution in [2.24, 2.45) is 5.10 Å². The molecule has 1 N–H and O–H groups in total. The molecule has 1 aromatic heterocycles. The molecule has 0 aliphatic carbocycles. The summed E-state index contributed by atoms with van der Waals surface area (Å²) >= 11 is 7.49.